The third kappa shape index (κ3) is 4.93. The Morgan fingerprint density at radius 2 is 1.70 bits per heavy atom. The Bertz CT molecular complexity index is 505. The zero-order valence-electron chi connectivity index (χ0n) is 16.8. The van der Waals surface area contributed by atoms with Crippen molar-refractivity contribution in [1.29, 1.82) is 0 Å². The van der Waals surface area contributed by atoms with Gasteiger partial charge in [-0.2, -0.15) is 0 Å². The Labute approximate surface area is 163 Å². The van der Waals surface area contributed by atoms with Crippen molar-refractivity contribution in [3.63, 3.8) is 0 Å². The van der Waals surface area contributed by atoms with Crippen LogP contribution >= 0.6 is 0 Å². The van der Waals surface area contributed by atoms with Gasteiger partial charge in [-0.3, -0.25) is 4.79 Å². The van der Waals surface area contributed by atoms with Crippen molar-refractivity contribution < 1.29 is 14.3 Å². The molecule has 27 heavy (non-hydrogen) atoms. The molecule has 0 bridgehead atoms. The summed E-state index contributed by atoms with van der Waals surface area (Å²) in [6.07, 6.45) is 9.09. The largest absolute Gasteiger partial charge is 0.385 e. The molecule has 0 unspecified atom stereocenters. The molecule has 7 heteroatoms. The van der Waals surface area contributed by atoms with Crippen LogP contribution < -0.4 is 11.1 Å². The highest BCUT2D eigenvalue weighted by Gasteiger charge is 2.41. The summed E-state index contributed by atoms with van der Waals surface area (Å²) in [4.78, 5) is 28.9. The van der Waals surface area contributed by atoms with Crippen molar-refractivity contribution in [2.75, 3.05) is 39.9 Å². The summed E-state index contributed by atoms with van der Waals surface area (Å²) in [7, 11) is 1.67. The number of nitrogens with two attached hydrogens (primary N) is 1. The second-order valence-electron chi connectivity index (χ2n) is 8.57. The van der Waals surface area contributed by atoms with Gasteiger partial charge in [0.1, 0.15) is 0 Å². The smallest absolute Gasteiger partial charge is 0.317 e. The lowest BCUT2D eigenvalue weighted by Gasteiger charge is -2.45. The van der Waals surface area contributed by atoms with Gasteiger partial charge in [-0.1, -0.05) is 12.8 Å². The number of methoxy groups -OCH3 is 1. The van der Waals surface area contributed by atoms with Crippen molar-refractivity contribution in [3.8, 4) is 0 Å². The molecule has 7 nitrogen and oxygen atoms in total. The number of nitrogens with zero attached hydrogens (tertiary/aromatic N) is 2. The molecule has 2 aliphatic heterocycles. The molecule has 2 heterocycles. The molecule has 0 atom stereocenters. The lowest BCUT2D eigenvalue weighted by atomic mass is 9.74. The van der Waals surface area contributed by atoms with Crippen LogP contribution in [0.25, 0.3) is 0 Å². The highest BCUT2D eigenvalue weighted by Crippen LogP contribution is 2.36. The van der Waals surface area contributed by atoms with Gasteiger partial charge in [-0.05, 0) is 58.0 Å². The molecular weight excluding hydrogens is 344 g/mol. The van der Waals surface area contributed by atoms with Crippen molar-refractivity contribution in [2.45, 2.75) is 69.9 Å². The number of hydrogen-bond donors (Lipinski definition) is 2. The summed E-state index contributed by atoms with van der Waals surface area (Å²) in [5, 5.41) is 3.20. The molecule has 0 aromatic rings. The summed E-state index contributed by atoms with van der Waals surface area (Å²) in [6, 6.07) is 1.01. The maximum absolute atomic E-state index is 12.4. The third-order valence-corrected chi connectivity index (χ3v) is 7.01. The van der Waals surface area contributed by atoms with Crippen molar-refractivity contribution in [2.24, 2.45) is 11.1 Å². The van der Waals surface area contributed by atoms with Crippen molar-refractivity contribution in [1.82, 2.24) is 15.1 Å². The molecule has 0 aromatic heterocycles. The number of urea groups is 1. The van der Waals surface area contributed by atoms with Crippen LogP contribution in [0.2, 0.25) is 0 Å². The first-order valence-corrected chi connectivity index (χ1v) is 10.6. The minimum Gasteiger partial charge on any atom is -0.385 e. The molecule has 2 saturated heterocycles. The van der Waals surface area contributed by atoms with E-state index in [0.717, 1.165) is 64.7 Å². The molecule has 3 fully saturated rings. The third-order valence-electron chi connectivity index (χ3n) is 7.01. The summed E-state index contributed by atoms with van der Waals surface area (Å²) < 4.78 is 5.18. The van der Waals surface area contributed by atoms with Gasteiger partial charge in [0.25, 0.3) is 0 Å². The van der Waals surface area contributed by atoms with Gasteiger partial charge < -0.3 is 25.6 Å². The molecule has 1 aliphatic carbocycles. The standard InChI is InChI=1S/C20H36N4O3/c1-27-15-10-20(18(21)25)8-13-23(14-9-20)17-6-11-24(12-7-17)19(26)22-16-4-2-3-5-16/h16-17H,2-15H2,1H3,(H2,21,25)(H,22,26). The van der Waals surface area contributed by atoms with Gasteiger partial charge in [0, 0.05) is 38.9 Å². The van der Waals surface area contributed by atoms with Crippen molar-refractivity contribution in [3.05, 3.63) is 0 Å². The average Bonchev–Trinajstić information content (AvgIpc) is 3.20. The SMILES string of the molecule is COCCC1(C(N)=O)CCN(C2CCN(C(=O)NC3CCCC3)CC2)CC1. The Balaban J connectivity index is 1.43. The zero-order chi connectivity index (χ0) is 19.3. The maximum atomic E-state index is 12.4. The first-order chi connectivity index (χ1) is 13.0. The number of hydrogen-bond acceptors (Lipinski definition) is 4. The van der Waals surface area contributed by atoms with E-state index in [1.165, 1.54) is 12.8 Å². The predicted molar refractivity (Wildman–Crippen MR) is 104 cm³/mol. The second-order valence-corrected chi connectivity index (χ2v) is 8.57. The van der Waals surface area contributed by atoms with Crippen LogP contribution in [0.4, 0.5) is 4.79 Å². The molecule has 0 radical (unpaired) electrons. The van der Waals surface area contributed by atoms with E-state index in [1.807, 2.05) is 4.90 Å². The molecule has 154 valence electrons. The minimum atomic E-state index is -0.408. The van der Waals surface area contributed by atoms with Crippen LogP contribution in [0.15, 0.2) is 0 Å². The summed E-state index contributed by atoms with van der Waals surface area (Å²) in [5.41, 5.74) is 5.31. The number of primary amides is 1. The van der Waals surface area contributed by atoms with E-state index in [-0.39, 0.29) is 11.9 Å². The number of nitrogens with one attached hydrogen (secondary N) is 1. The molecular formula is C20H36N4O3. The number of likely N-dealkylation sites (tertiary alicyclic amines) is 2. The van der Waals surface area contributed by atoms with Crippen LogP contribution in [-0.4, -0.2) is 73.7 Å². The predicted octanol–water partition coefficient (Wildman–Crippen LogP) is 1.71. The van der Waals surface area contributed by atoms with E-state index < -0.39 is 5.41 Å². The van der Waals surface area contributed by atoms with Gasteiger partial charge >= 0.3 is 6.03 Å². The highest BCUT2D eigenvalue weighted by atomic mass is 16.5. The molecule has 3 N–H and O–H groups in total. The Morgan fingerprint density at radius 1 is 1.07 bits per heavy atom. The van der Waals surface area contributed by atoms with E-state index in [4.69, 9.17) is 10.5 Å². The Morgan fingerprint density at radius 3 is 2.26 bits per heavy atom. The molecule has 3 amide bonds. The topological polar surface area (TPSA) is 87.9 Å². The average molecular weight is 381 g/mol. The number of amides is 3. The highest BCUT2D eigenvalue weighted by molar-refractivity contribution is 5.81. The number of ether oxygens (including phenoxy) is 1. The second kappa shape index (κ2) is 9.24. The van der Waals surface area contributed by atoms with E-state index >= 15 is 0 Å². The first-order valence-electron chi connectivity index (χ1n) is 10.6. The zero-order valence-corrected chi connectivity index (χ0v) is 16.8. The molecule has 0 spiro atoms. The lowest BCUT2D eigenvalue weighted by Crippen LogP contribution is -2.54. The van der Waals surface area contributed by atoms with Gasteiger partial charge in [-0.15, -0.1) is 0 Å². The number of rotatable bonds is 6. The van der Waals surface area contributed by atoms with Crippen LogP contribution in [0.5, 0.6) is 0 Å². The van der Waals surface area contributed by atoms with Gasteiger partial charge in [0.15, 0.2) is 0 Å². The lowest BCUT2D eigenvalue weighted by molar-refractivity contribution is -0.132. The summed E-state index contributed by atoms with van der Waals surface area (Å²) in [6.45, 7) is 4.04. The van der Waals surface area contributed by atoms with E-state index in [1.54, 1.807) is 7.11 Å². The first kappa shape index (κ1) is 20.4. The van der Waals surface area contributed by atoms with Crippen LogP contribution in [0.1, 0.15) is 57.8 Å². The van der Waals surface area contributed by atoms with Crippen molar-refractivity contribution >= 4 is 11.9 Å². The minimum absolute atomic E-state index is 0.117. The fourth-order valence-corrected chi connectivity index (χ4v) is 5.00. The van der Waals surface area contributed by atoms with Crippen LogP contribution in [-0.2, 0) is 9.53 Å². The van der Waals surface area contributed by atoms with Gasteiger partial charge in [-0.25, -0.2) is 4.79 Å². The molecule has 3 rings (SSSR count). The Hall–Kier alpha value is -1.34. The molecule has 1 saturated carbocycles. The van der Waals surface area contributed by atoms with E-state index in [0.29, 0.717) is 25.1 Å². The molecule has 3 aliphatic rings. The van der Waals surface area contributed by atoms with Crippen LogP contribution in [0, 0.1) is 5.41 Å². The number of piperidine rings is 2. The Kier molecular flexibility index (Phi) is 6.98. The van der Waals surface area contributed by atoms with E-state index in [2.05, 4.69) is 10.2 Å². The summed E-state index contributed by atoms with van der Waals surface area (Å²) >= 11 is 0. The van der Waals surface area contributed by atoms with Crippen LogP contribution in [0.3, 0.4) is 0 Å². The molecule has 0 aromatic carbocycles. The maximum Gasteiger partial charge on any atom is 0.317 e. The van der Waals surface area contributed by atoms with Gasteiger partial charge in [0.05, 0.1) is 5.41 Å². The monoisotopic (exact) mass is 380 g/mol. The number of carbonyl (C=O) groups excluding carboxylic acids is 2. The quantitative estimate of drug-likeness (QED) is 0.734. The van der Waals surface area contributed by atoms with Gasteiger partial charge in [0.2, 0.25) is 5.91 Å². The number of carbonyl (C=O) groups is 2. The fourth-order valence-electron chi connectivity index (χ4n) is 5.00. The summed E-state index contributed by atoms with van der Waals surface area (Å²) in [5.74, 6) is -0.183. The fraction of sp³-hybridized carbons (Fsp3) is 0.900. The normalized spacial score (nSPS) is 24.9. The van der Waals surface area contributed by atoms with E-state index in [9.17, 15) is 9.59 Å².